The molecule has 92 valence electrons. The van der Waals surface area contributed by atoms with Crippen LogP contribution in [-0.4, -0.2) is 55.1 Å². The van der Waals surface area contributed by atoms with Gasteiger partial charge in [-0.3, -0.25) is 0 Å². The third kappa shape index (κ3) is 2.04. The molecule has 0 spiro atoms. The summed E-state index contributed by atoms with van der Waals surface area (Å²) < 4.78 is 0.175. The van der Waals surface area contributed by atoms with Crippen LogP contribution in [0.2, 0.25) is 0 Å². The molecule has 1 atom stereocenters. The SMILES string of the molecule is CCC(CC)C[N+]1(C)C(=O)C[N+](C)(C)C1=O. The molecule has 1 aliphatic heterocycles. The number of carbonyl (C=O) groups is 2. The van der Waals surface area contributed by atoms with Gasteiger partial charge in [0.15, 0.2) is 0 Å². The molecule has 1 rings (SSSR count). The van der Waals surface area contributed by atoms with Gasteiger partial charge in [-0.1, -0.05) is 13.8 Å². The fraction of sp³-hybridized carbons (Fsp3) is 0.833. The quantitative estimate of drug-likeness (QED) is 0.541. The molecule has 0 aromatic carbocycles. The number of nitrogens with zero attached hydrogens (tertiary/aromatic N) is 2. The number of amides is 3. The van der Waals surface area contributed by atoms with E-state index in [1.165, 1.54) is 0 Å². The van der Waals surface area contributed by atoms with Gasteiger partial charge in [-0.15, -0.1) is 4.48 Å². The Balaban J connectivity index is 2.92. The van der Waals surface area contributed by atoms with E-state index in [9.17, 15) is 9.59 Å². The highest BCUT2D eigenvalue weighted by molar-refractivity contribution is 5.86. The van der Waals surface area contributed by atoms with Crippen LogP contribution >= 0.6 is 0 Å². The average Bonchev–Trinajstić information content (AvgIpc) is 2.36. The zero-order valence-corrected chi connectivity index (χ0v) is 11.1. The van der Waals surface area contributed by atoms with Gasteiger partial charge >= 0.3 is 11.9 Å². The fourth-order valence-corrected chi connectivity index (χ4v) is 2.51. The second-order valence-corrected chi connectivity index (χ2v) is 5.58. The third-order valence-electron chi connectivity index (χ3n) is 3.80. The maximum absolute atomic E-state index is 12.3. The highest BCUT2D eigenvalue weighted by Crippen LogP contribution is 2.26. The van der Waals surface area contributed by atoms with Gasteiger partial charge in [0.05, 0.1) is 21.1 Å². The van der Waals surface area contributed by atoms with Crippen molar-refractivity contribution >= 4 is 11.9 Å². The predicted molar refractivity (Wildman–Crippen MR) is 62.5 cm³/mol. The van der Waals surface area contributed by atoms with Crippen molar-refractivity contribution in [3.63, 3.8) is 0 Å². The molecule has 4 nitrogen and oxygen atoms in total. The van der Waals surface area contributed by atoms with Crippen molar-refractivity contribution in [3.8, 4) is 0 Å². The summed E-state index contributed by atoms with van der Waals surface area (Å²) in [6.45, 7) is 5.22. The molecule has 3 amide bonds. The first-order valence-corrected chi connectivity index (χ1v) is 6.05. The van der Waals surface area contributed by atoms with E-state index in [-0.39, 0.29) is 20.9 Å². The largest absolute Gasteiger partial charge is 0.521 e. The van der Waals surface area contributed by atoms with Crippen molar-refractivity contribution < 1.29 is 18.6 Å². The van der Waals surface area contributed by atoms with Crippen LogP contribution in [0.1, 0.15) is 26.7 Å². The monoisotopic (exact) mass is 228 g/mol. The summed E-state index contributed by atoms with van der Waals surface area (Å²) in [4.78, 5) is 24.3. The molecule has 0 aromatic rings. The van der Waals surface area contributed by atoms with Crippen molar-refractivity contribution in [1.82, 2.24) is 0 Å². The van der Waals surface area contributed by atoms with Gasteiger partial charge in [-0.05, 0) is 12.8 Å². The standard InChI is InChI=1S/C12H24N2O2/c1-6-10(7-2)8-14(5)11(15)9-13(3,4)12(14)16/h10H,6-9H2,1-5H3/q+2. The third-order valence-corrected chi connectivity index (χ3v) is 3.80. The van der Waals surface area contributed by atoms with Crippen LogP contribution < -0.4 is 0 Å². The van der Waals surface area contributed by atoms with Gasteiger partial charge < -0.3 is 0 Å². The minimum Gasteiger partial charge on any atom is -0.223 e. The van der Waals surface area contributed by atoms with Crippen LogP contribution in [0.4, 0.5) is 4.79 Å². The Bertz CT molecular complexity index is 308. The number of hydrogen-bond acceptors (Lipinski definition) is 2. The van der Waals surface area contributed by atoms with Gasteiger partial charge in [-0.25, -0.2) is 4.79 Å². The minimum absolute atomic E-state index is 0.0145. The van der Waals surface area contributed by atoms with E-state index in [2.05, 4.69) is 13.8 Å². The molecule has 0 bridgehead atoms. The lowest BCUT2D eigenvalue weighted by atomic mass is 10.0. The molecule has 0 aliphatic carbocycles. The molecule has 1 heterocycles. The summed E-state index contributed by atoms with van der Waals surface area (Å²) >= 11 is 0. The molecule has 4 heteroatoms. The van der Waals surface area contributed by atoms with E-state index >= 15 is 0 Å². The van der Waals surface area contributed by atoms with Crippen molar-refractivity contribution in [1.29, 1.82) is 0 Å². The summed E-state index contributed by atoms with van der Waals surface area (Å²) in [7, 11) is 5.41. The fourth-order valence-electron chi connectivity index (χ4n) is 2.51. The topological polar surface area (TPSA) is 34.1 Å². The number of rotatable bonds is 4. The van der Waals surface area contributed by atoms with E-state index in [1.54, 1.807) is 7.05 Å². The van der Waals surface area contributed by atoms with Crippen LogP contribution in [0.15, 0.2) is 0 Å². The highest BCUT2D eigenvalue weighted by atomic mass is 16.2. The summed E-state index contributed by atoms with van der Waals surface area (Å²) in [6, 6.07) is 0.0249. The van der Waals surface area contributed by atoms with Crippen molar-refractivity contribution in [2.45, 2.75) is 26.7 Å². The zero-order chi connectivity index (χ0) is 12.6. The Morgan fingerprint density at radius 2 is 1.62 bits per heavy atom. The van der Waals surface area contributed by atoms with Gasteiger partial charge in [-0.2, -0.15) is 9.28 Å². The van der Waals surface area contributed by atoms with E-state index < -0.39 is 0 Å². The summed E-state index contributed by atoms with van der Waals surface area (Å²) in [6.07, 6.45) is 2.05. The van der Waals surface area contributed by atoms with Crippen molar-refractivity contribution in [2.75, 3.05) is 34.2 Å². The lowest BCUT2D eigenvalue weighted by Crippen LogP contribution is -2.55. The zero-order valence-electron chi connectivity index (χ0n) is 11.1. The van der Waals surface area contributed by atoms with Gasteiger partial charge in [0.2, 0.25) is 6.54 Å². The van der Waals surface area contributed by atoms with Crippen molar-refractivity contribution in [3.05, 3.63) is 0 Å². The van der Waals surface area contributed by atoms with Crippen LogP contribution in [0.5, 0.6) is 0 Å². The maximum atomic E-state index is 12.3. The second-order valence-electron chi connectivity index (χ2n) is 5.58. The molecule has 0 N–H and O–H groups in total. The first-order valence-electron chi connectivity index (χ1n) is 6.05. The van der Waals surface area contributed by atoms with E-state index in [4.69, 9.17) is 0 Å². The number of carbonyl (C=O) groups excluding carboxylic acids is 2. The number of imide groups is 1. The lowest BCUT2D eigenvalue weighted by Gasteiger charge is -2.26. The van der Waals surface area contributed by atoms with Crippen LogP contribution in [0.25, 0.3) is 0 Å². The number of quaternary nitrogens is 2. The van der Waals surface area contributed by atoms with E-state index in [1.807, 2.05) is 14.1 Å². The number of urea groups is 1. The number of likely N-dealkylation sites (N-methyl/N-ethyl adjacent to an activating group) is 2. The molecule has 1 saturated heterocycles. The molecular weight excluding hydrogens is 204 g/mol. The van der Waals surface area contributed by atoms with Crippen LogP contribution in [0, 0.1) is 5.92 Å². The molecule has 0 saturated carbocycles. The maximum Gasteiger partial charge on any atom is 0.521 e. The Kier molecular flexibility index (Phi) is 3.55. The molecule has 16 heavy (non-hydrogen) atoms. The van der Waals surface area contributed by atoms with E-state index in [0.29, 0.717) is 19.0 Å². The Morgan fingerprint density at radius 3 is 1.94 bits per heavy atom. The lowest BCUT2D eigenvalue weighted by molar-refractivity contribution is -0.866. The highest BCUT2D eigenvalue weighted by Gasteiger charge is 2.60. The van der Waals surface area contributed by atoms with Crippen molar-refractivity contribution in [2.24, 2.45) is 5.92 Å². The molecular formula is C12H24N2O2+2. The molecule has 1 fully saturated rings. The summed E-state index contributed by atoms with van der Waals surface area (Å²) in [5.41, 5.74) is 0. The van der Waals surface area contributed by atoms with Crippen LogP contribution in [-0.2, 0) is 4.79 Å². The summed E-state index contributed by atoms with van der Waals surface area (Å²) in [5.74, 6) is 0.512. The van der Waals surface area contributed by atoms with Gasteiger partial charge in [0, 0.05) is 5.92 Å². The Hall–Kier alpha value is -0.740. The first-order chi connectivity index (χ1) is 7.28. The smallest absolute Gasteiger partial charge is 0.223 e. The second kappa shape index (κ2) is 4.26. The number of hydrogen-bond donors (Lipinski definition) is 0. The first kappa shape index (κ1) is 13.3. The predicted octanol–water partition coefficient (Wildman–Crippen LogP) is 1.61. The molecule has 0 radical (unpaired) electrons. The average molecular weight is 228 g/mol. The Morgan fingerprint density at radius 1 is 1.12 bits per heavy atom. The molecule has 1 aliphatic rings. The molecule has 0 aromatic heterocycles. The normalized spacial score (nSPS) is 29.1. The summed E-state index contributed by atoms with van der Waals surface area (Å²) in [5, 5.41) is 0. The van der Waals surface area contributed by atoms with E-state index in [0.717, 1.165) is 12.8 Å². The Labute approximate surface area is 98.0 Å². The minimum atomic E-state index is -0.0145. The van der Waals surface area contributed by atoms with Gasteiger partial charge in [0.1, 0.15) is 6.54 Å². The molecule has 1 unspecified atom stereocenters. The van der Waals surface area contributed by atoms with Crippen LogP contribution in [0.3, 0.4) is 0 Å². The van der Waals surface area contributed by atoms with Gasteiger partial charge in [0.25, 0.3) is 0 Å².